The van der Waals surface area contributed by atoms with Crippen LogP contribution in [0.2, 0.25) is 0 Å². The van der Waals surface area contributed by atoms with Crippen LogP contribution in [0.4, 0.5) is 0 Å². The van der Waals surface area contributed by atoms with Gasteiger partial charge in [-0.3, -0.25) is 0 Å². The number of hydrogen-bond acceptors (Lipinski definition) is 1. The summed E-state index contributed by atoms with van der Waals surface area (Å²) in [5.74, 6) is 0. The molecule has 1 nitrogen and oxygen atoms in total. The van der Waals surface area contributed by atoms with Crippen LogP contribution in [-0.4, -0.2) is 0 Å². The summed E-state index contributed by atoms with van der Waals surface area (Å²) in [6.07, 6.45) is 0. The lowest BCUT2D eigenvalue weighted by Crippen LogP contribution is -2.15. The fourth-order valence-electron chi connectivity index (χ4n) is 9.96. The molecule has 0 fully saturated rings. The summed E-state index contributed by atoms with van der Waals surface area (Å²) >= 11 is 0. The Balaban J connectivity index is 0.984. The summed E-state index contributed by atoms with van der Waals surface area (Å²) in [5.41, 5.74) is 14.7. The molecule has 0 unspecified atom stereocenters. The van der Waals surface area contributed by atoms with E-state index in [2.05, 4.69) is 190 Å². The lowest BCUT2D eigenvalue weighted by molar-refractivity contribution is 0.661. The van der Waals surface area contributed by atoms with Gasteiger partial charge >= 0.3 is 0 Å². The lowest BCUT2D eigenvalue weighted by atomic mass is 9.81. The molecule has 0 spiro atoms. The Kier molecular flexibility index (Phi) is 6.46. The first-order valence-corrected chi connectivity index (χ1v) is 19.6. The zero-order valence-corrected chi connectivity index (χ0v) is 31.2. The van der Waals surface area contributed by atoms with Crippen molar-refractivity contribution in [3.63, 3.8) is 0 Å². The molecule has 1 aliphatic carbocycles. The first-order valence-electron chi connectivity index (χ1n) is 19.6. The van der Waals surface area contributed by atoms with Gasteiger partial charge in [-0.2, -0.15) is 0 Å². The highest BCUT2D eigenvalue weighted by Gasteiger charge is 2.37. The molecule has 262 valence electrons. The molecule has 0 saturated carbocycles. The van der Waals surface area contributed by atoms with Crippen molar-refractivity contribution in [1.82, 2.24) is 0 Å². The molecule has 0 radical (unpaired) electrons. The zero-order valence-electron chi connectivity index (χ0n) is 31.2. The van der Waals surface area contributed by atoms with Crippen LogP contribution in [-0.2, 0) is 5.41 Å². The van der Waals surface area contributed by atoms with Crippen molar-refractivity contribution in [2.24, 2.45) is 0 Å². The van der Waals surface area contributed by atoms with Crippen molar-refractivity contribution >= 4 is 65.0 Å². The van der Waals surface area contributed by atoms with Gasteiger partial charge < -0.3 is 4.42 Å². The van der Waals surface area contributed by atoms with Gasteiger partial charge in [-0.05, 0) is 123 Å². The third-order valence-corrected chi connectivity index (χ3v) is 12.7. The number of furan rings is 1. The predicted molar refractivity (Wildman–Crippen MR) is 238 cm³/mol. The highest BCUT2D eigenvalue weighted by Crippen LogP contribution is 2.53. The van der Waals surface area contributed by atoms with Gasteiger partial charge in [0, 0.05) is 16.2 Å². The van der Waals surface area contributed by atoms with Crippen molar-refractivity contribution in [3.8, 4) is 44.5 Å². The molecule has 1 heteroatoms. The van der Waals surface area contributed by atoms with Crippen LogP contribution >= 0.6 is 0 Å². The molecule has 0 saturated heterocycles. The van der Waals surface area contributed by atoms with Crippen molar-refractivity contribution in [2.75, 3.05) is 0 Å². The summed E-state index contributed by atoms with van der Waals surface area (Å²) in [6.45, 7) is 4.74. The van der Waals surface area contributed by atoms with E-state index < -0.39 is 0 Å². The molecule has 56 heavy (non-hydrogen) atoms. The van der Waals surface area contributed by atoms with Crippen molar-refractivity contribution < 1.29 is 4.42 Å². The number of hydrogen-bond donors (Lipinski definition) is 0. The van der Waals surface area contributed by atoms with Gasteiger partial charge in [-0.1, -0.05) is 172 Å². The van der Waals surface area contributed by atoms with Gasteiger partial charge in [0.15, 0.2) is 0 Å². The van der Waals surface area contributed by atoms with Crippen LogP contribution in [0, 0.1) is 0 Å². The SMILES string of the molecule is CC1(C)c2cc(-c3ccc(-c4c5ccccc5c(-c5cccc6ccccc56)c5ccccc45)cc3)ccc2-c2c1ccc1cc3c(cc21)oc1ccccc13. The van der Waals surface area contributed by atoms with Gasteiger partial charge in [-0.25, -0.2) is 0 Å². The standard InChI is InChI=1S/C55H36O/c1-55(2)48-29-27-37-30-47-39-15-9-10-21-50(39)56-51(47)32-46(37)54(48)45-28-26-36(31-49(45)55)33-22-24-35(25-23-33)52-41-16-5-7-18-43(41)53(44-19-8-6-17-42(44)52)40-20-11-13-34-12-3-4-14-38(34)40/h3-32H,1-2H3. The van der Waals surface area contributed by atoms with Gasteiger partial charge in [0.1, 0.15) is 11.2 Å². The molecule has 0 atom stereocenters. The third-order valence-electron chi connectivity index (χ3n) is 12.7. The molecule has 1 aromatic heterocycles. The molecule has 0 aliphatic heterocycles. The largest absolute Gasteiger partial charge is 0.456 e. The maximum absolute atomic E-state index is 6.37. The van der Waals surface area contributed by atoms with E-state index in [1.807, 2.05) is 6.07 Å². The van der Waals surface area contributed by atoms with E-state index in [4.69, 9.17) is 4.42 Å². The molecule has 11 aromatic rings. The topological polar surface area (TPSA) is 13.1 Å². The van der Waals surface area contributed by atoms with Crippen LogP contribution in [0.25, 0.3) is 110 Å². The highest BCUT2D eigenvalue weighted by molar-refractivity contribution is 6.23. The molecule has 10 aromatic carbocycles. The molecule has 0 amide bonds. The highest BCUT2D eigenvalue weighted by atomic mass is 16.3. The fourth-order valence-corrected chi connectivity index (χ4v) is 9.96. The predicted octanol–water partition coefficient (Wildman–Crippen LogP) is 15.5. The van der Waals surface area contributed by atoms with E-state index in [1.165, 1.54) is 109 Å². The second-order valence-corrected chi connectivity index (χ2v) is 16.0. The minimum Gasteiger partial charge on any atom is -0.456 e. The van der Waals surface area contributed by atoms with E-state index in [0.29, 0.717) is 0 Å². The van der Waals surface area contributed by atoms with Crippen LogP contribution < -0.4 is 0 Å². The Morgan fingerprint density at radius 1 is 0.321 bits per heavy atom. The van der Waals surface area contributed by atoms with E-state index in [0.717, 1.165) is 11.2 Å². The van der Waals surface area contributed by atoms with E-state index >= 15 is 0 Å². The van der Waals surface area contributed by atoms with Gasteiger partial charge in [0.2, 0.25) is 0 Å². The van der Waals surface area contributed by atoms with Crippen molar-refractivity contribution in [1.29, 1.82) is 0 Å². The van der Waals surface area contributed by atoms with E-state index in [-0.39, 0.29) is 5.41 Å². The Morgan fingerprint density at radius 3 is 1.68 bits per heavy atom. The molecule has 12 rings (SSSR count). The third kappa shape index (κ3) is 4.37. The average Bonchev–Trinajstić information content (AvgIpc) is 3.72. The molecule has 0 bridgehead atoms. The summed E-state index contributed by atoms with van der Waals surface area (Å²) in [6, 6.07) is 67.2. The normalized spacial score (nSPS) is 13.3. The molecule has 1 heterocycles. The maximum atomic E-state index is 6.37. The first kappa shape index (κ1) is 31.4. The van der Waals surface area contributed by atoms with Crippen molar-refractivity contribution in [3.05, 3.63) is 193 Å². The summed E-state index contributed by atoms with van der Waals surface area (Å²) < 4.78 is 6.37. The van der Waals surface area contributed by atoms with Crippen LogP contribution in [0.15, 0.2) is 186 Å². The Morgan fingerprint density at radius 2 is 0.929 bits per heavy atom. The van der Waals surface area contributed by atoms with Crippen LogP contribution in [0.5, 0.6) is 0 Å². The molecular weight excluding hydrogens is 677 g/mol. The summed E-state index contributed by atoms with van der Waals surface area (Å²) in [5, 5.41) is 12.5. The Hall–Kier alpha value is -6.96. The number of para-hydroxylation sites is 1. The quantitative estimate of drug-likeness (QED) is 0.166. The Labute approximate surface area is 325 Å². The summed E-state index contributed by atoms with van der Waals surface area (Å²) in [7, 11) is 0. The number of benzene rings is 10. The monoisotopic (exact) mass is 712 g/mol. The minimum absolute atomic E-state index is 0.138. The second kappa shape index (κ2) is 11.5. The smallest absolute Gasteiger partial charge is 0.136 e. The van der Waals surface area contributed by atoms with Gasteiger partial charge in [0.05, 0.1) is 0 Å². The second-order valence-electron chi connectivity index (χ2n) is 16.0. The van der Waals surface area contributed by atoms with E-state index in [9.17, 15) is 0 Å². The van der Waals surface area contributed by atoms with Gasteiger partial charge in [0.25, 0.3) is 0 Å². The lowest BCUT2D eigenvalue weighted by Gasteiger charge is -2.22. The van der Waals surface area contributed by atoms with Crippen LogP contribution in [0.3, 0.4) is 0 Å². The fraction of sp³-hybridized carbons (Fsp3) is 0.0545. The Bertz CT molecular complexity index is 3370. The first-order chi connectivity index (χ1) is 27.5. The number of rotatable bonds is 3. The summed E-state index contributed by atoms with van der Waals surface area (Å²) in [4.78, 5) is 0. The van der Waals surface area contributed by atoms with E-state index in [1.54, 1.807) is 0 Å². The van der Waals surface area contributed by atoms with Crippen molar-refractivity contribution in [2.45, 2.75) is 19.3 Å². The molecular formula is C55H36O. The molecule has 0 N–H and O–H groups in total. The minimum atomic E-state index is -0.138. The zero-order chi connectivity index (χ0) is 37.1. The van der Waals surface area contributed by atoms with Crippen LogP contribution in [0.1, 0.15) is 25.0 Å². The van der Waals surface area contributed by atoms with Gasteiger partial charge in [-0.15, -0.1) is 0 Å². The average molecular weight is 713 g/mol. The number of fused-ring (bicyclic) bond motifs is 11. The molecule has 1 aliphatic rings. The maximum Gasteiger partial charge on any atom is 0.136 e.